The van der Waals surface area contributed by atoms with Gasteiger partial charge in [0.15, 0.2) is 0 Å². The first-order valence-electron chi connectivity index (χ1n) is 9.89. The van der Waals surface area contributed by atoms with E-state index in [2.05, 4.69) is 38.0 Å². The number of carbonyl (C=O) groups excluding carboxylic acids is 1. The van der Waals surface area contributed by atoms with Gasteiger partial charge in [0, 0.05) is 28.0 Å². The van der Waals surface area contributed by atoms with Crippen LogP contribution in [0.1, 0.15) is 56.6 Å². The van der Waals surface area contributed by atoms with Crippen LogP contribution in [-0.4, -0.2) is 17.3 Å². The predicted molar refractivity (Wildman–Crippen MR) is 120 cm³/mol. The highest BCUT2D eigenvalue weighted by molar-refractivity contribution is 6.31. The van der Waals surface area contributed by atoms with E-state index in [-0.39, 0.29) is 5.78 Å². The van der Waals surface area contributed by atoms with Crippen molar-refractivity contribution in [3.63, 3.8) is 0 Å². The fourth-order valence-electron chi connectivity index (χ4n) is 3.85. The third kappa shape index (κ3) is 4.96. The van der Waals surface area contributed by atoms with Crippen molar-refractivity contribution in [2.45, 2.75) is 40.5 Å². The summed E-state index contributed by atoms with van der Waals surface area (Å²) in [5, 5.41) is 5.17. The average molecular weight is 397 g/mol. The molecular weight excluding hydrogens is 368 g/mol. The van der Waals surface area contributed by atoms with E-state index in [0.29, 0.717) is 27.6 Å². The van der Waals surface area contributed by atoms with Gasteiger partial charge in [-0.25, -0.2) is 0 Å². The maximum atomic E-state index is 13.1. The normalized spacial score (nSPS) is 12.9. The quantitative estimate of drug-likeness (QED) is 0.425. The molecule has 3 nitrogen and oxygen atoms in total. The lowest BCUT2D eigenvalue weighted by Crippen LogP contribution is -2.15. The summed E-state index contributed by atoms with van der Waals surface area (Å²) in [7, 11) is 0. The van der Waals surface area contributed by atoms with Crippen molar-refractivity contribution in [2.24, 2.45) is 11.3 Å². The van der Waals surface area contributed by atoms with Gasteiger partial charge in [-0.1, -0.05) is 69.6 Å². The number of nitrogens with one attached hydrogen (secondary N) is 2. The summed E-state index contributed by atoms with van der Waals surface area (Å²) >= 11 is 6.16. The predicted octanol–water partition coefficient (Wildman–Crippen LogP) is 6.93. The molecule has 0 saturated heterocycles. The molecule has 2 N–H and O–H groups in total. The first-order valence-corrected chi connectivity index (χ1v) is 10.3. The Balaban J connectivity index is 1.86. The smallest absolute Gasteiger partial charge is 0.211 e. The molecule has 0 saturated carbocycles. The lowest BCUT2D eigenvalue weighted by atomic mass is 9.84. The molecule has 0 aliphatic carbocycles. The highest BCUT2D eigenvalue weighted by Crippen LogP contribution is 2.32. The van der Waals surface area contributed by atoms with Crippen LogP contribution in [0.5, 0.6) is 0 Å². The Morgan fingerprint density at radius 2 is 1.86 bits per heavy atom. The fraction of sp³-hybridized carbons (Fsp3) is 0.375. The lowest BCUT2D eigenvalue weighted by Gasteiger charge is -2.23. The van der Waals surface area contributed by atoms with E-state index < -0.39 is 0 Å². The first kappa shape index (κ1) is 20.5. The average Bonchev–Trinajstić information content (AvgIpc) is 2.98. The Bertz CT molecular complexity index is 954. The standard InChI is InChI=1S/C24H29ClN2O/c1-16(15-24(2,3)4)12-13-26-21-19-11-10-18(25)14-20(19)27-22(21)23(28)17-8-6-5-7-9-17/h5-11,14,16,26-27H,12-13,15H2,1-4H3. The van der Waals surface area contributed by atoms with E-state index in [1.54, 1.807) is 0 Å². The highest BCUT2D eigenvalue weighted by atomic mass is 35.5. The Labute approximate surface area is 172 Å². The Hall–Kier alpha value is -2.26. The second-order valence-corrected chi connectivity index (χ2v) is 9.28. The molecule has 0 spiro atoms. The molecule has 0 fully saturated rings. The van der Waals surface area contributed by atoms with E-state index in [4.69, 9.17) is 11.6 Å². The summed E-state index contributed by atoms with van der Waals surface area (Å²) in [6.45, 7) is 9.94. The largest absolute Gasteiger partial charge is 0.383 e. The molecule has 1 atom stereocenters. The maximum Gasteiger partial charge on any atom is 0.211 e. The van der Waals surface area contributed by atoms with Crippen LogP contribution in [0.2, 0.25) is 5.02 Å². The molecule has 0 amide bonds. The Morgan fingerprint density at radius 1 is 1.14 bits per heavy atom. The minimum atomic E-state index is -0.0156. The number of H-pyrrole nitrogens is 1. The zero-order chi connectivity index (χ0) is 20.3. The number of fused-ring (bicyclic) bond motifs is 1. The van der Waals surface area contributed by atoms with Crippen molar-refractivity contribution in [3.8, 4) is 0 Å². The molecule has 3 aromatic rings. The van der Waals surface area contributed by atoms with Crippen LogP contribution < -0.4 is 5.32 Å². The Morgan fingerprint density at radius 3 is 2.54 bits per heavy atom. The van der Waals surface area contributed by atoms with Gasteiger partial charge in [0.1, 0.15) is 5.69 Å². The molecular formula is C24H29ClN2O. The van der Waals surface area contributed by atoms with Crippen molar-refractivity contribution < 1.29 is 4.79 Å². The number of hydrogen-bond acceptors (Lipinski definition) is 2. The molecule has 0 aliphatic heterocycles. The molecule has 4 heteroatoms. The summed E-state index contributed by atoms with van der Waals surface area (Å²) in [4.78, 5) is 16.4. The number of halogens is 1. The second-order valence-electron chi connectivity index (χ2n) is 8.85. The molecule has 0 bridgehead atoms. The van der Waals surface area contributed by atoms with E-state index in [1.807, 2.05) is 48.5 Å². The van der Waals surface area contributed by atoms with Gasteiger partial charge in [-0.05, 0) is 42.4 Å². The number of ketones is 1. The van der Waals surface area contributed by atoms with E-state index >= 15 is 0 Å². The molecule has 28 heavy (non-hydrogen) atoms. The van der Waals surface area contributed by atoms with Crippen LogP contribution in [0, 0.1) is 11.3 Å². The zero-order valence-electron chi connectivity index (χ0n) is 17.1. The number of hydrogen-bond donors (Lipinski definition) is 2. The number of carbonyl (C=O) groups is 1. The van der Waals surface area contributed by atoms with Crippen molar-refractivity contribution in [1.29, 1.82) is 0 Å². The topological polar surface area (TPSA) is 44.9 Å². The molecule has 1 aromatic heterocycles. The van der Waals surface area contributed by atoms with Crippen LogP contribution in [-0.2, 0) is 0 Å². The molecule has 3 rings (SSSR count). The third-order valence-corrected chi connectivity index (χ3v) is 5.16. The number of aromatic amines is 1. The number of rotatable bonds is 7. The third-order valence-electron chi connectivity index (χ3n) is 4.92. The first-order chi connectivity index (χ1) is 13.2. The maximum absolute atomic E-state index is 13.1. The summed E-state index contributed by atoms with van der Waals surface area (Å²) in [6.07, 6.45) is 2.23. The molecule has 2 aromatic carbocycles. The van der Waals surface area contributed by atoms with Crippen LogP contribution in [0.25, 0.3) is 10.9 Å². The van der Waals surface area contributed by atoms with Crippen molar-refractivity contribution in [1.82, 2.24) is 4.98 Å². The van der Waals surface area contributed by atoms with Gasteiger partial charge in [0.05, 0.1) is 5.69 Å². The summed E-state index contributed by atoms with van der Waals surface area (Å²) < 4.78 is 0. The molecule has 148 valence electrons. The summed E-state index contributed by atoms with van der Waals surface area (Å²) in [5.74, 6) is 0.596. The van der Waals surface area contributed by atoms with Gasteiger partial charge in [-0.15, -0.1) is 0 Å². The number of anilines is 1. The zero-order valence-corrected chi connectivity index (χ0v) is 17.9. The van der Waals surface area contributed by atoms with Crippen LogP contribution in [0.4, 0.5) is 5.69 Å². The van der Waals surface area contributed by atoms with Gasteiger partial charge in [0.2, 0.25) is 5.78 Å². The Kier molecular flexibility index (Phi) is 6.14. The molecule has 0 radical (unpaired) electrons. The summed E-state index contributed by atoms with van der Waals surface area (Å²) in [5.41, 5.74) is 3.32. The van der Waals surface area contributed by atoms with Crippen molar-refractivity contribution in [3.05, 3.63) is 64.8 Å². The molecule has 0 aliphatic rings. The minimum Gasteiger partial charge on any atom is -0.383 e. The summed E-state index contributed by atoms with van der Waals surface area (Å²) in [6, 6.07) is 15.1. The van der Waals surface area contributed by atoms with E-state index in [9.17, 15) is 4.79 Å². The fourth-order valence-corrected chi connectivity index (χ4v) is 4.02. The molecule has 1 unspecified atom stereocenters. The van der Waals surface area contributed by atoms with Gasteiger partial charge < -0.3 is 10.3 Å². The lowest BCUT2D eigenvalue weighted by molar-refractivity contribution is 0.103. The van der Waals surface area contributed by atoms with Crippen LogP contribution >= 0.6 is 11.6 Å². The molecule has 1 heterocycles. The van der Waals surface area contributed by atoms with Crippen molar-refractivity contribution >= 4 is 34.0 Å². The van der Waals surface area contributed by atoms with Gasteiger partial charge >= 0.3 is 0 Å². The van der Waals surface area contributed by atoms with E-state index in [0.717, 1.165) is 29.6 Å². The SMILES string of the molecule is CC(CCNc1c(C(=O)c2ccccc2)[nH]c2cc(Cl)ccc12)CC(C)(C)C. The number of benzene rings is 2. The van der Waals surface area contributed by atoms with Gasteiger partial charge in [0.25, 0.3) is 0 Å². The van der Waals surface area contributed by atoms with Crippen LogP contribution in [0.15, 0.2) is 48.5 Å². The monoisotopic (exact) mass is 396 g/mol. The van der Waals surface area contributed by atoms with Crippen LogP contribution in [0.3, 0.4) is 0 Å². The van der Waals surface area contributed by atoms with Gasteiger partial charge in [-0.3, -0.25) is 4.79 Å². The highest BCUT2D eigenvalue weighted by Gasteiger charge is 2.20. The van der Waals surface area contributed by atoms with E-state index in [1.165, 1.54) is 6.42 Å². The number of aromatic nitrogens is 1. The minimum absolute atomic E-state index is 0.0156. The second kappa shape index (κ2) is 8.40. The van der Waals surface area contributed by atoms with Crippen molar-refractivity contribution in [2.75, 3.05) is 11.9 Å². The van der Waals surface area contributed by atoms with Gasteiger partial charge in [-0.2, -0.15) is 0 Å².